The third kappa shape index (κ3) is 2.32. The SMILES string of the molecule is PNC=S. The number of hydrogen-bond acceptors (Lipinski definition) is 1. The zero-order chi connectivity index (χ0) is 3.41. The lowest BCUT2D eigenvalue weighted by molar-refractivity contribution is 1.67. The molecule has 0 saturated carbocycles. The van der Waals surface area contributed by atoms with Gasteiger partial charge in [0.15, 0.2) is 0 Å². The van der Waals surface area contributed by atoms with Crippen LogP contribution in [-0.2, 0) is 0 Å². The first-order chi connectivity index (χ1) is 1.91. The minimum Gasteiger partial charge on any atom is -0.367 e. The molecule has 0 saturated heterocycles. The van der Waals surface area contributed by atoms with E-state index in [4.69, 9.17) is 0 Å². The summed E-state index contributed by atoms with van der Waals surface area (Å²) in [5, 5.41) is 2.54. The average Bonchev–Trinajstić information content (AvgIpc) is 1.37. The number of nitrogens with one attached hydrogen (secondary N) is 1. The maximum Gasteiger partial charge on any atom is 0.0643 e. The van der Waals surface area contributed by atoms with Crippen molar-refractivity contribution in [2.24, 2.45) is 0 Å². The molecule has 0 fully saturated rings. The molecule has 0 rings (SSSR count). The summed E-state index contributed by atoms with van der Waals surface area (Å²) in [6, 6.07) is 0. The Morgan fingerprint density at radius 2 is 2.25 bits per heavy atom. The second-order valence-corrected chi connectivity index (χ2v) is 0.854. The fourth-order valence-electron chi connectivity index (χ4n) is 0. The highest BCUT2D eigenvalue weighted by molar-refractivity contribution is 7.79. The predicted molar refractivity (Wildman–Crippen MR) is 26.5 cm³/mol. The van der Waals surface area contributed by atoms with E-state index in [2.05, 4.69) is 26.7 Å². The van der Waals surface area contributed by atoms with E-state index in [1.54, 1.807) is 0 Å². The van der Waals surface area contributed by atoms with Crippen LogP contribution >= 0.6 is 21.6 Å². The number of rotatable bonds is 1. The maximum atomic E-state index is 4.30. The van der Waals surface area contributed by atoms with E-state index in [1.165, 1.54) is 5.49 Å². The summed E-state index contributed by atoms with van der Waals surface area (Å²) in [6.07, 6.45) is 0. The molecule has 0 aromatic heterocycles. The van der Waals surface area contributed by atoms with Crippen molar-refractivity contribution in [1.29, 1.82) is 0 Å². The van der Waals surface area contributed by atoms with Crippen molar-refractivity contribution in [1.82, 2.24) is 5.09 Å². The molecule has 1 atom stereocenters. The standard InChI is InChI=1S/CH4NPS/c3-2-1-4/h1H,3H2,(H,2,4). The Morgan fingerprint density at radius 3 is 2.25 bits per heavy atom. The zero-order valence-corrected chi connectivity index (χ0v) is 4.03. The van der Waals surface area contributed by atoms with Crippen LogP contribution in [0.15, 0.2) is 0 Å². The van der Waals surface area contributed by atoms with Gasteiger partial charge < -0.3 is 5.09 Å². The van der Waals surface area contributed by atoms with E-state index in [-0.39, 0.29) is 0 Å². The van der Waals surface area contributed by atoms with Crippen LogP contribution in [0.2, 0.25) is 0 Å². The molecule has 4 heavy (non-hydrogen) atoms. The lowest BCUT2D eigenvalue weighted by Crippen LogP contribution is -1.82. The van der Waals surface area contributed by atoms with Crippen LogP contribution in [0.25, 0.3) is 0 Å². The van der Waals surface area contributed by atoms with E-state index in [9.17, 15) is 0 Å². The highest BCUT2D eigenvalue weighted by atomic mass is 32.1. The van der Waals surface area contributed by atoms with Crippen molar-refractivity contribution in [2.45, 2.75) is 0 Å². The Morgan fingerprint density at radius 1 is 2.00 bits per heavy atom. The largest absolute Gasteiger partial charge is 0.367 e. The van der Waals surface area contributed by atoms with E-state index in [0.717, 1.165) is 0 Å². The van der Waals surface area contributed by atoms with Gasteiger partial charge in [0.25, 0.3) is 0 Å². The van der Waals surface area contributed by atoms with Crippen LogP contribution in [0.4, 0.5) is 0 Å². The minimum absolute atomic E-state index is 1.42. The molecule has 1 N–H and O–H groups in total. The fourth-order valence-corrected chi connectivity index (χ4v) is 0. The molecule has 0 aromatic rings. The van der Waals surface area contributed by atoms with Crippen LogP contribution in [0.5, 0.6) is 0 Å². The monoisotopic (exact) mass is 93.0 g/mol. The van der Waals surface area contributed by atoms with Crippen LogP contribution < -0.4 is 5.09 Å². The molecule has 0 spiro atoms. The molecule has 0 aromatic carbocycles. The maximum absolute atomic E-state index is 4.30. The van der Waals surface area contributed by atoms with Gasteiger partial charge >= 0.3 is 0 Å². The molecule has 0 heterocycles. The Kier molecular flexibility index (Phi) is 3.59. The second kappa shape index (κ2) is 3.32. The fraction of sp³-hybridized carbons (Fsp3) is 0. The Labute approximate surface area is 33.0 Å². The van der Waals surface area contributed by atoms with Crippen LogP contribution in [0.1, 0.15) is 0 Å². The van der Waals surface area contributed by atoms with E-state index in [0.29, 0.717) is 0 Å². The molecule has 0 bridgehead atoms. The number of hydrogen-bond donors (Lipinski definition) is 1. The molecule has 0 aliphatic rings. The van der Waals surface area contributed by atoms with Gasteiger partial charge in [0.05, 0.1) is 5.49 Å². The first kappa shape index (κ1) is 4.32. The van der Waals surface area contributed by atoms with Gasteiger partial charge in [-0.2, -0.15) is 0 Å². The first-order valence-corrected chi connectivity index (χ1v) is 1.86. The molecule has 1 nitrogen and oxygen atoms in total. The summed E-state index contributed by atoms with van der Waals surface area (Å²) in [4.78, 5) is 0. The Hall–Kier alpha value is 0.320. The van der Waals surface area contributed by atoms with Gasteiger partial charge in [0.2, 0.25) is 0 Å². The summed E-state index contributed by atoms with van der Waals surface area (Å²) in [5.41, 5.74) is 1.42. The van der Waals surface area contributed by atoms with Crippen LogP contribution in [0.3, 0.4) is 0 Å². The minimum atomic E-state index is 1.42. The summed E-state index contributed by atoms with van der Waals surface area (Å²) in [5.74, 6) is 0. The van der Waals surface area contributed by atoms with Gasteiger partial charge in [-0.3, -0.25) is 0 Å². The van der Waals surface area contributed by atoms with Crippen molar-refractivity contribution in [3.05, 3.63) is 0 Å². The van der Waals surface area contributed by atoms with Crippen molar-refractivity contribution in [3.8, 4) is 0 Å². The second-order valence-electron chi connectivity index (χ2n) is 0.285. The average molecular weight is 93.1 g/mol. The van der Waals surface area contributed by atoms with Crippen LogP contribution in [0, 0.1) is 0 Å². The Bertz CT molecular complexity index is 22.0. The third-order valence-corrected chi connectivity index (χ3v) is 0.612. The van der Waals surface area contributed by atoms with Gasteiger partial charge in [-0.1, -0.05) is 12.2 Å². The molecular formula is CH4NPS. The highest BCUT2D eigenvalue weighted by Gasteiger charge is 1.38. The zero-order valence-electron chi connectivity index (χ0n) is 2.06. The quantitative estimate of drug-likeness (QED) is 0.370. The van der Waals surface area contributed by atoms with Gasteiger partial charge in [-0.05, 0) is 9.39 Å². The summed E-state index contributed by atoms with van der Waals surface area (Å²) in [7, 11) is 2.25. The summed E-state index contributed by atoms with van der Waals surface area (Å²) >= 11 is 4.30. The third-order valence-electron chi connectivity index (χ3n) is 0.0680. The lowest BCUT2D eigenvalue weighted by Gasteiger charge is -1.68. The van der Waals surface area contributed by atoms with E-state index in [1.807, 2.05) is 0 Å². The molecule has 1 unspecified atom stereocenters. The predicted octanol–water partition coefficient (Wildman–Crippen LogP) is 0.323. The summed E-state index contributed by atoms with van der Waals surface area (Å²) in [6.45, 7) is 0. The van der Waals surface area contributed by atoms with Gasteiger partial charge in [-0.15, -0.1) is 0 Å². The van der Waals surface area contributed by atoms with Crippen molar-refractivity contribution in [2.75, 3.05) is 0 Å². The first-order valence-electron chi connectivity index (χ1n) is 0.813. The van der Waals surface area contributed by atoms with Gasteiger partial charge in [-0.25, -0.2) is 0 Å². The van der Waals surface area contributed by atoms with Gasteiger partial charge in [0, 0.05) is 0 Å². The van der Waals surface area contributed by atoms with Crippen molar-refractivity contribution in [3.63, 3.8) is 0 Å². The van der Waals surface area contributed by atoms with E-state index >= 15 is 0 Å². The number of thiocarbonyl (C=S) groups is 1. The highest BCUT2D eigenvalue weighted by Crippen LogP contribution is 1.55. The smallest absolute Gasteiger partial charge is 0.0643 e. The topological polar surface area (TPSA) is 12.0 Å². The molecule has 0 aliphatic carbocycles. The molecule has 0 radical (unpaired) electrons. The normalized spacial score (nSPS) is 5.25. The summed E-state index contributed by atoms with van der Waals surface area (Å²) < 4.78 is 0. The molecular weight excluding hydrogens is 89.1 g/mol. The molecule has 0 aliphatic heterocycles. The molecule has 0 amide bonds. The Balaban J connectivity index is 2.30. The van der Waals surface area contributed by atoms with Crippen LogP contribution in [-0.4, -0.2) is 5.49 Å². The molecule has 24 valence electrons. The lowest BCUT2D eigenvalue weighted by atomic mass is 11.6. The van der Waals surface area contributed by atoms with E-state index < -0.39 is 0 Å². The van der Waals surface area contributed by atoms with Crippen molar-refractivity contribution < 1.29 is 0 Å². The molecule has 3 heteroatoms. The van der Waals surface area contributed by atoms with Crippen molar-refractivity contribution >= 4 is 27.1 Å². The van der Waals surface area contributed by atoms with Gasteiger partial charge in [0.1, 0.15) is 0 Å².